The molecular weight excluding hydrogens is 943 g/mol. The van der Waals surface area contributed by atoms with Gasteiger partial charge < -0.3 is 14.7 Å². The van der Waals surface area contributed by atoms with Crippen molar-refractivity contribution in [3.05, 3.63) is 338 Å². The third-order valence-electron chi connectivity index (χ3n) is 15.4. The van der Waals surface area contributed by atoms with E-state index in [1.165, 1.54) is 55.9 Å². The Kier molecular flexibility index (Phi) is 15.0. The first kappa shape index (κ1) is 49.4. The molecule has 0 radical (unpaired) electrons. The van der Waals surface area contributed by atoms with Gasteiger partial charge in [0.25, 0.3) is 0 Å². The standard InChI is InChI=1S/C75H63N3/c1-2-11-23-70(22-10-1)78(74-54-46-63(47-55-74)62-44-50-72(51-45-62)77(68-28-16-6-17-29-68)69-30-18-7-19-31-69)73-52-42-61(43-53-73)59-36-38-65(39-37-59)75(64-20-8-3-9-21-64)56-57-32-34-58(35-33-57)60-40-48-71(49-41-60)76(66-24-12-4-13-25-66)67-26-14-5-15-27-67/h1,3-26,28-38,40-55,65,67,75H,2,27,39,56H2. The lowest BCUT2D eigenvalue weighted by atomic mass is 9.77. The summed E-state index contributed by atoms with van der Waals surface area (Å²) in [7, 11) is 0. The predicted molar refractivity (Wildman–Crippen MR) is 331 cm³/mol. The number of benzene rings is 9. The Labute approximate surface area is 461 Å². The Hall–Kier alpha value is -9.44. The number of nitrogens with zero attached hydrogens (tertiary/aromatic N) is 3. The number of para-hydroxylation sites is 3. The molecule has 3 unspecified atom stereocenters. The van der Waals surface area contributed by atoms with E-state index in [1.54, 1.807) is 0 Å². The minimum Gasteiger partial charge on any atom is -0.334 e. The van der Waals surface area contributed by atoms with E-state index in [-0.39, 0.29) is 6.04 Å². The maximum absolute atomic E-state index is 2.46. The molecule has 3 nitrogen and oxygen atoms in total. The van der Waals surface area contributed by atoms with Gasteiger partial charge in [-0.05, 0) is 179 Å². The average molecular weight is 1010 g/mol. The summed E-state index contributed by atoms with van der Waals surface area (Å²) in [5.74, 6) is 0.723. The van der Waals surface area contributed by atoms with Crippen molar-refractivity contribution in [2.45, 2.75) is 37.6 Å². The van der Waals surface area contributed by atoms with Gasteiger partial charge in [0.2, 0.25) is 0 Å². The SMILES string of the molecule is C1=CCC=CC(N(c2ccc(C3=CCC(C(Cc4ccc(-c5ccc(N(c6ccccc6)C6C=CC=CC6)cc5)cc4)c4ccccc4)C=C3)cc2)c2ccc(-c3ccc(N(c4ccccc4)c4ccccc4)cc3)cc2)=C1. The van der Waals surface area contributed by atoms with Crippen LogP contribution in [0.25, 0.3) is 27.8 Å². The number of anilines is 7. The van der Waals surface area contributed by atoms with Crippen molar-refractivity contribution < 1.29 is 0 Å². The zero-order chi connectivity index (χ0) is 52.3. The summed E-state index contributed by atoms with van der Waals surface area (Å²) in [6.45, 7) is 0. The van der Waals surface area contributed by atoms with Crippen LogP contribution in [0.4, 0.5) is 39.8 Å². The molecule has 0 aromatic heterocycles. The van der Waals surface area contributed by atoms with Gasteiger partial charge >= 0.3 is 0 Å². The first-order valence-corrected chi connectivity index (χ1v) is 27.5. The minimum absolute atomic E-state index is 0.279. The highest BCUT2D eigenvalue weighted by atomic mass is 15.2. The fourth-order valence-electron chi connectivity index (χ4n) is 11.3. The summed E-state index contributed by atoms with van der Waals surface area (Å²) in [5, 5.41) is 0. The van der Waals surface area contributed by atoms with Crippen molar-refractivity contribution in [1.82, 2.24) is 0 Å². The van der Waals surface area contributed by atoms with E-state index < -0.39 is 0 Å². The van der Waals surface area contributed by atoms with Crippen molar-refractivity contribution in [2.75, 3.05) is 14.7 Å². The van der Waals surface area contributed by atoms with Gasteiger partial charge in [0, 0.05) is 45.5 Å². The summed E-state index contributed by atoms with van der Waals surface area (Å²) < 4.78 is 0. The molecule has 0 spiro atoms. The topological polar surface area (TPSA) is 9.72 Å². The first-order valence-electron chi connectivity index (χ1n) is 27.5. The van der Waals surface area contributed by atoms with Gasteiger partial charge in [0.05, 0.1) is 6.04 Å². The maximum Gasteiger partial charge on any atom is 0.0559 e. The van der Waals surface area contributed by atoms with Crippen molar-refractivity contribution in [3.63, 3.8) is 0 Å². The van der Waals surface area contributed by atoms with E-state index in [9.17, 15) is 0 Å². The summed E-state index contributed by atoms with van der Waals surface area (Å²) >= 11 is 0. The molecule has 3 aliphatic carbocycles. The monoisotopic (exact) mass is 1010 g/mol. The number of hydrogen-bond donors (Lipinski definition) is 0. The van der Waals surface area contributed by atoms with Gasteiger partial charge in [-0.25, -0.2) is 0 Å². The molecule has 378 valence electrons. The second-order valence-corrected chi connectivity index (χ2v) is 20.3. The van der Waals surface area contributed by atoms with E-state index in [0.717, 1.165) is 59.8 Å². The van der Waals surface area contributed by atoms with Crippen LogP contribution in [0.3, 0.4) is 0 Å². The second-order valence-electron chi connectivity index (χ2n) is 20.3. The van der Waals surface area contributed by atoms with Crippen LogP contribution in [-0.2, 0) is 6.42 Å². The van der Waals surface area contributed by atoms with E-state index in [0.29, 0.717) is 11.8 Å². The molecule has 0 fully saturated rings. The van der Waals surface area contributed by atoms with Crippen LogP contribution in [0.15, 0.2) is 321 Å². The molecule has 0 bridgehead atoms. The zero-order valence-corrected chi connectivity index (χ0v) is 43.9. The fourth-order valence-corrected chi connectivity index (χ4v) is 11.3. The normalized spacial score (nSPS) is 15.9. The minimum atomic E-state index is 0.279. The van der Waals surface area contributed by atoms with Gasteiger partial charge in [-0.2, -0.15) is 0 Å². The molecule has 3 aliphatic rings. The van der Waals surface area contributed by atoms with Gasteiger partial charge in [-0.1, -0.05) is 218 Å². The van der Waals surface area contributed by atoms with E-state index >= 15 is 0 Å². The molecule has 12 rings (SSSR count). The molecule has 3 heteroatoms. The van der Waals surface area contributed by atoms with Gasteiger partial charge in [0.1, 0.15) is 0 Å². The molecule has 9 aromatic carbocycles. The van der Waals surface area contributed by atoms with Crippen LogP contribution >= 0.6 is 0 Å². The van der Waals surface area contributed by atoms with Crippen LogP contribution in [0.2, 0.25) is 0 Å². The number of allylic oxidation sites excluding steroid dienone is 11. The highest BCUT2D eigenvalue weighted by Gasteiger charge is 2.24. The molecule has 78 heavy (non-hydrogen) atoms. The van der Waals surface area contributed by atoms with Crippen molar-refractivity contribution in [3.8, 4) is 22.3 Å². The largest absolute Gasteiger partial charge is 0.334 e. The van der Waals surface area contributed by atoms with Crippen molar-refractivity contribution in [2.24, 2.45) is 5.92 Å². The van der Waals surface area contributed by atoms with Crippen LogP contribution < -0.4 is 14.7 Å². The summed E-state index contributed by atoms with van der Waals surface area (Å²) in [6.07, 6.45) is 31.0. The van der Waals surface area contributed by atoms with Gasteiger partial charge in [-0.3, -0.25) is 0 Å². The lowest BCUT2D eigenvalue weighted by molar-refractivity contribution is 0.506. The third-order valence-corrected chi connectivity index (χ3v) is 15.4. The van der Waals surface area contributed by atoms with Crippen molar-refractivity contribution >= 4 is 45.4 Å². The van der Waals surface area contributed by atoms with Crippen molar-refractivity contribution in [1.29, 1.82) is 0 Å². The molecule has 0 saturated heterocycles. The van der Waals surface area contributed by atoms with Crippen LogP contribution in [0.1, 0.15) is 41.9 Å². The quantitative estimate of drug-likeness (QED) is 0.0955. The highest BCUT2D eigenvalue weighted by molar-refractivity contribution is 5.81. The Morgan fingerprint density at radius 3 is 1.37 bits per heavy atom. The van der Waals surface area contributed by atoms with Gasteiger partial charge in [-0.15, -0.1) is 0 Å². The number of hydrogen-bond acceptors (Lipinski definition) is 3. The molecule has 0 aliphatic heterocycles. The summed E-state index contributed by atoms with van der Waals surface area (Å²) in [6, 6.07) is 88.6. The Morgan fingerprint density at radius 1 is 0.372 bits per heavy atom. The first-order chi connectivity index (χ1) is 38.7. The Bertz CT molecular complexity index is 3590. The van der Waals surface area contributed by atoms with Crippen LogP contribution in [0, 0.1) is 5.92 Å². The summed E-state index contributed by atoms with van der Waals surface area (Å²) in [5.41, 5.74) is 19.2. The molecule has 9 aromatic rings. The maximum atomic E-state index is 2.46. The Morgan fingerprint density at radius 2 is 0.846 bits per heavy atom. The number of rotatable bonds is 16. The predicted octanol–water partition coefficient (Wildman–Crippen LogP) is 20.0. The van der Waals surface area contributed by atoms with Crippen LogP contribution in [-0.4, -0.2) is 6.04 Å². The lowest BCUT2D eigenvalue weighted by Crippen LogP contribution is -2.29. The van der Waals surface area contributed by atoms with E-state index in [4.69, 9.17) is 0 Å². The molecule has 3 atom stereocenters. The van der Waals surface area contributed by atoms with Gasteiger partial charge in [0.15, 0.2) is 0 Å². The van der Waals surface area contributed by atoms with E-state index in [1.807, 2.05) is 0 Å². The van der Waals surface area contributed by atoms with E-state index in [2.05, 4.69) is 330 Å². The highest BCUT2D eigenvalue weighted by Crippen LogP contribution is 2.41. The fraction of sp³-hybridized carbons (Fsp3) is 0.0933. The average Bonchev–Trinajstić information content (AvgIpc) is 3.84. The summed E-state index contributed by atoms with van der Waals surface area (Å²) in [4.78, 5) is 7.11. The smallest absolute Gasteiger partial charge is 0.0559 e. The molecule has 0 saturated carbocycles. The third kappa shape index (κ3) is 11.2. The molecule has 0 heterocycles. The molecule has 0 N–H and O–H groups in total. The molecular formula is C75H63N3. The Balaban J connectivity index is 0.736. The zero-order valence-electron chi connectivity index (χ0n) is 43.9. The van der Waals surface area contributed by atoms with Crippen LogP contribution in [0.5, 0.6) is 0 Å². The molecule has 0 amide bonds. The lowest BCUT2D eigenvalue weighted by Gasteiger charge is -2.32. The second kappa shape index (κ2) is 23.6.